The van der Waals surface area contributed by atoms with Crippen LogP contribution in [0.1, 0.15) is 6.42 Å². The minimum absolute atomic E-state index is 0.0633. The lowest BCUT2D eigenvalue weighted by molar-refractivity contribution is 0.232. The maximum Gasteiger partial charge on any atom is 0.246 e. The van der Waals surface area contributed by atoms with Gasteiger partial charge in [0, 0.05) is 12.6 Å². The molecule has 1 fully saturated rings. The number of aliphatic hydroxyl groups excluding tert-OH is 1. The molecule has 1 aromatic heterocycles. The van der Waals surface area contributed by atoms with Crippen LogP contribution in [-0.2, 0) is 19.9 Å². The third kappa shape index (κ3) is 3.69. The van der Waals surface area contributed by atoms with Crippen LogP contribution in [0.4, 0.5) is 0 Å². The molecule has 0 aliphatic carbocycles. The monoisotopic (exact) mass is 355 g/mol. The SMILES string of the molecule is O=S1(=O)CCC(N(CCO)S(=O)(=O)c2cnc(Cl)nc2)C1. The quantitative estimate of drug-likeness (QED) is 0.694. The van der Waals surface area contributed by atoms with Gasteiger partial charge in [-0.1, -0.05) is 0 Å². The van der Waals surface area contributed by atoms with Crippen LogP contribution in [-0.4, -0.2) is 66.9 Å². The third-order valence-corrected chi connectivity index (χ3v) is 6.99. The van der Waals surface area contributed by atoms with Crippen molar-refractivity contribution in [3.8, 4) is 0 Å². The number of sulfonamides is 1. The number of nitrogens with zero attached hydrogens (tertiary/aromatic N) is 3. The number of hydrogen-bond donors (Lipinski definition) is 1. The lowest BCUT2D eigenvalue weighted by atomic mass is 10.3. The molecule has 1 aliphatic rings. The van der Waals surface area contributed by atoms with Crippen LogP contribution < -0.4 is 0 Å². The Hall–Kier alpha value is -0.810. The normalized spacial score (nSPS) is 21.8. The van der Waals surface area contributed by atoms with Crippen molar-refractivity contribution >= 4 is 31.5 Å². The summed E-state index contributed by atoms with van der Waals surface area (Å²) in [4.78, 5) is 7.03. The number of halogens is 1. The molecule has 0 radical (unpaired) electrons. The highest BCUT2D eigenvalue weighted by molar-refractivity contribution is 7.92. The molecule has 118 valence electrons. The van der Waals surface area contributed by atoms with Crippen LogP contribution in [0.2, 0.25) is 5.28 Å². The Kier molecular flexibility index (Phi) is 4.83. The average Bonchev–Trinajstić information content (AvgIpc) is 2.76. The van der Waals surface area contributed by atoms with E-state index in [2.05, 4.69) is 9.97 Å². The Morgan fingerprint density at radius 1 is 1.38 bits per heavy atom. The maximum absolute atomic E-state index is 12.5. The van der Waals surface area contributed by atoms with Crippen LogP contribution in [0.3, 0.4) is 0 Å². The van der Waals surface area contributed by atoms with E-state index in [9.17, 15) is 16.8 Å². The van der Waals surface area contributed by atoms with Crippen molar-refractivity contribution in [2.24, 2.45) is 0 Å². The second kappa shape index (κ2) is 6.13. The standard InChI is InChI=1S/C10H14ClN3O5S2/c11-10-12-5-9(6-13-10)21(18,19)14(2-3-15)8-1-4-20(16,17)7-8/h5-6,8,15H,1-4,7H2. The molecule has 21 heavy (non-hydrogen) atoms. The van der Waals surface area contributed by atoms with E-state index in [1.165, 1.54) is 0 Å². The van der Waals surface area contributed by atoms with Gasteiger partial charge < -0.3 is 5.11 Å². The summed E-state index contributed by atoms with van der Waals surface area (Å²) in [6.45, 7) is -0.602. The van der Waals surface area contributed by atoms with Crippen molar-refractivity contribution in [3.63, 3.8) is 0 Å². The summed E-state index contributed by atoms with van der Waals surface area (Å²) in [5, 5.41) is 8.98. The van der Waals surface area contributed by atoms with Crippen molar-refractivity contribution in [1.29, 1.82) is 0 Å². The molecule has 0 amide bonds. The molecule has 1 N–H and O–H groups in total. The van der Waals surface area contributed by atoms with Gasteiger partial charge in [-0.2, -0.15) is 4.31 Å². The van der Waals surface area contributed by atoms with E-state index in [1.807, 2.05) is 0 Å². The average molecular weight is 356 g/mol. The van der Waals surface area contributed by atoms with Crippen molar-refractivity contribution in [2.45, 2.75) is 17.4 Å². The summed E-state index contributed by atoms with van der Waals surface area (Å²) >= 11 is 5.52. The van der Waals surface area contributed by atoms with Crippen LogP contribution in [0.15, 0.2) is 17.3 Å². The molecule has 1 unspecified atom stereocenters. The Bertz CT molecular complexity index is 705. The summed E-state index contributed by atoms with van der Waals surface area (Å²) in [6.07, 6.45) is 2.31. The molecular weight excluding hydrogens is 342 g/mol. The minimum atomic E-state index is -3.99. The van der Waals surface area contributed by atoms with Gasteiger partial charge in [-0.3, -0.25) is 0 Å². The van der Waals surface area contributed by atoms with Gasteiger partial charge in [0.25, 0.3) is 0 Å². The predicted molar refractivity (Wildman–Crippen MR) is 75.1 cm³/mol. The lowest BCUT2D eigenvalue weighted by Crippen LogP contribution is -2.42. The van der Waals surface area contributed by atoms with Gasteiger partial charge in [0.15, 0.2) is 9.84 Å². The molecule has 8 nitrogen and oxygen atoms in total. The van der Waals surface area contributed by atoms with Gasteiger partial charge in [0.2, 0.25) is 15.3 Å². The molecule has 0 aromatic carbocycles. The Labute approximate surface area is 127 Å². The topological polar surface area (TPSA) is 118 Å². The van der Waals surface area contributed by atoms with Crippen molar-refractivity contribution < 1.29 is 21.9 Å². The number of aromatic nitrogens is 2. The Morgan fingerprint density at radius 3 is 2.48 bits per heavy atom. The molecule has 1 aliphatic heterocycles. The second-order valence-electron chi connectivity index (χ2n) is 4.58. The van der Waals surface area contributed by atoms with Crippen LogP contribution in [0, 0.1) is 0 Å². The first-order chi connectivity index (χ1) is 9.76. The van der Waals surface area contributed by atoms with Crippen LogP contribution >= 0.6 is 11.6 Å². The Morgan fingerprint density at radius 2 is 2.00 bits per heavy atom. The summed E-state index contributed by atoms with van der Waals surface area (Å²) in [6, 6.07) is -0.692. The summed E-state index contributed by atoms with van der Waals surface area (Å²) < 4.78 is 49.1. The molecule has 1 aromatic rings. The molecule has 1 atom stereocenters. The highest BCUT2D eigenvalue weighted by Crippen LogP contribution is 2.24. The molecule has 1 saturated heterocycles. The molecule has 2 rings (SSSR count). The Balaban J connectivity index is 2.35. The van der Waals surface area contributed by atoms with E-state index in [0.29, 0.717) is 0 Å². The van der Waals surface area contributed by atoms with E-state index in [4.69, 9.17) is 16.7 Å². The van der Waals surface area contributed by atoms with Gasteiger partial charge in [0.1, 0.15) is 4.90 Å². The molecule has 0 saturated carbocycles. The number of sulfone groups is 1. The number of rotatable bonds is 5. The second-order valence-corrected chi connectivity index (χ2v) is 9.04. The minimum Gasteiger partial charge on any atom is -0.395 e. The first-order valence-electron chi connectivity index (χ1n) is 6.07. The van der Waals surface area contributed by atoms with Gasteiger partial charge in [-0.05, 0) is 18.0 Å². The van der Waals surface area contributed by atoms with E-state index in [1.54, 1.807) is 0 Å². The highest BCUT2D eigenvalue weighted by atomic mass is 35.5. The largest absolute Gasteiger partial charge is 0.395 e. The number of hydrogen-bond acceptors (Lipinski definition) is 7. The number of aliphatic hydroxyl groups is 1. The lowest BCUT2D eigenvalue weighted by Gasteiger charge is -2.26. The van der Waals surface area contributed by atoms with Crippen LogP contribution in [0.25, 0.3) is 0 Å². The zero-order valence-electron chi connectivity index (χ0n) is 10.9. The highest BCUT2D eigenvalue weighted by Gasteiger charge is 2.38. The van der Waals surface area contributed by atoms with Gasteiger partial charge >= 0.3 is 0 Å². The van der Waals surface area contributed by atoms with E-state index < -0.39 is 32.5 Å². The van der Waals surface area contributed by atoms with Crippen molar-refractivity contribution in [2.75, 3.05) is 24.7 Å². The molecular formula is C10H14ClN3O5S2. The van der Waals surface area contributed by atoms with Gasteiger partial charge in [-0.15, -0.1) is 0 Å². The molecule has 0 bridgehead atoms. The first-order valence-corrected chi connectivity index (χ1v) is 9.71. The summed E-state index contributed by atoms with van der Waals surface area (Å²) in [7, 11) is -7.24. The fourth-order valence-corrected chi connectivity index (χ4v) is 5.63. The van der Waals surface area contributed by atoms with E-state index in [-0.39, 0.29) is 34.7 Å². The van der Waals surface area contributed by atoms with Crippen molar-refractivity contribution in [3.05, 3.63) is 17.7 Å². The fraction of sp³-hybridized carbons (Fsp3) is 0.600. The molecule has 2 heterocycles. The molecule has 0 spiro atoms. The maximum atomic E-state index is 12.5. The third-order valence-electron chi connectivity index (χ3n) is 3.14. The summed E-state index contributed by atoms with van der Waals surface area (Å²) in [5.41, 5.74) is 0. The predicted octanol–water partition coefficient (Wildman–Crippen LogP) is -0.700. The zero-order valence-corrected chi connectivity index (χ0v) is 13.3. The smallest absolute Gasteiger partial charge is 0.246 e. The van der Waals surface area contributed by atoms with Gasteiger partial charge in [0.05, 0.1) is 30.5 Å². The van der Waals surface area contributed by atoms with E-state index >= 15 is 0 Å². The molecule has 11 heteroatoms. The summed E-state index contributed by atoms with van der Waals surface area (Å²) in [5.74, 6) is -0.313. The van der Waals surface area contributed by atoms with Crippen LogP contribution in [0.5, 0.6) is 0 Å². The zero-order chi connectivity index (χ0) is 15.7. The van der Waals surface area contributed by atoms with E-state index in [0.717, 1.165) is 16.7 Å². The fourth-order valence-electron chi connectivity index (χ4n) is 2.17. The van der Waals surface area contributed by atoms with Gasteiger partial charge in [-0.25, -0.2) is 26.8 Å². The van der Waals surface area contributed by atoms with Crippen molar-refractivity contribution in [1.82, 2.24) is 14.3 Å². The first kappa shape index (κ1) is 16.6.